The molecule has 1 N–H and O–H groups in total. The first-order chi connectivity index (χ1) is 10.2. The predicted octanol–water partition coefficient (Wildman–Crippen LogP) is 2.38. The fourth-order valence-electron chi connectivity index (χ4n) is 1.63. The number of thiocarbonyl (C=S) groups is 1. The predicted molar refractivity (Wildman–Crippen MR) is 90.0 cm³/mol. The third-order valence-electron chi connectivity index (χ3n) is 2.98. The van der Waals surface area contributed by atoms with E-state index in [4.69, 9.17) is 9.47 Å². The van der Waals surface area contributed by atoms with E-state index in [0.717, 1.165) is 25.7 Å². The van der Waals surface area contributed by atoms with Gasteiger partial charge >= 0.3 is 5.97 Å². The summed E-state index contributed by atoms with van der Waals surface area (Å²) in [6.45, 7) is 7.33. The van der Waals surface area contributed by atoms with Crippen LogP contribution in [-0.2, 0) is 24.3 Å². The van der Waals surface area contributed by atoms with Crippen LogP contribution in [0.2, 0.25) is 0 Å². The smallest absolute Gasteiger partial charge is 0.321 e. The van der Waals surface area contributed by atoms with Crippen LogP contribution in [0.3, 0.4) is 0 Å². The van der Waals surface area contributed by atoms with Crippen molar-refractivity contribution in [1.82, 2.24) is 4.72 Å². The normalized spacial score (nSPS) is 13.0. The second kappa shape index (κ2) is 10.9. The third-order valence-corrected chi connectivity index (χ3v) is 4.80. The molecule has 0 rings (SSSR count). The largest absolute Gasteiger partial charge is 0.472 e. The fraction of sp³-hybridized carbons (Fsp3) is 0.857. The van der Waals surface area contributed by atoms with Crippen LogP contribution in [0.4, 0.5) is 0 Å². The molecule has 0 aliphatic heterocycles. The van der Waals surface area contributed by atoms with E-state index in [1.54, 1.807) is 13.8 Å². The standard InChI is InChI=1S/C14H27NO5S2/c1-5-7-8-12(6-2)10-19-13(16)9-15-22(17,18)14(21)20-11(3)4/h11-12,15H,5-10H2,1-4H3. The first-order valence-corrected chi connectivity index (χ1v) is 9.47. The molecule has 1 unspecified atom stereocenters. The molecule has 8 heteroatoms. The molecule has 0 amide bonds. The van der Waals surface area contributed by atoms with Crippen molar-refractivity contribution >= 4 is 32.6 Å². The van der Waals surface area contributed by atoms with Crippen LogP contribution >= 0.6 is 12.2 Å². The van der Waals surface area contributed by atoms with Gasteiger partial charge in [-0.2, -0.15) is 4.72 Å². The van der Waals surface area contributed by atoms with Crippen LogP contribution in [0, 0.1) is 5.92 Å². The number of rotatable bonds is 10. The maximum atomic E-state index is 11.7. The zero-order valence-corrected chi connectivity index (χ0v) is 15.4. The number of unbranched alkanes of at least 4 members (excludes halogenated alkanes) is 1. The quantitative estimate of drug-likeness (QED) is 0.480. The zero-order chi connectivity index (χ0) is 17.2. The number of sulfonamides is 1. The summed E-state index contributed by atoms with van der Waals surface area (Å²) in [4.78, 5) is 11.6. The minimum absolute atomic E-state index is 0.310. The molecule has 0 bridgehead atoms. The number of carbonyl (C=O) groups excluding carboxylic acids is 1. The fourth-order valence-corrected chi connectivity index (χ4v) is 2.74. The Hall–Kier alpha value is -0.730. The first kappa shape index (κ1) is 21.3. The monoisotopic (exact) mass is 353 g/mol. The Morgan fingerprint density at radius 3 is 2.41 bits per heavy atom. The molecule has 1 atom stereocenters. The van der Waals surface area contributed by atoms with Gasteiger partial charge in [-0.3, -0.25) is 4.79 Å². The van der Waals surface area contributed by atoms with E-state index in [1.807, 2.05) is 6.92 Å². The summed E-state index contributed by atoms with van der Waals surface area (Å²) < 4.78 is 35.0. The second-order valence-electron chi connectivity index (χ2n) is 5.34. The van der Waals surface area contributed by atoms with Gasteiger partial charge < -0.3 is 9.47 Å². The van der Waals surface area contributed by atoms with Gasteiger partial charge in [0.2, 0.25) is 0 Å². The Bertz CT molecular complexity index is 448. The highest BCUT2D eigenvalue weighted by molar-refractivity contribution is 8.15. The van der Waals surface area contributed by atoms with Gasteiger partial charge in [-0.25, -0.2) is 8.42 Å². The highest BCUT2D eigenvalue weighted by atomic mass is 32.2. The van der Waals surface area contributed by atoms with Crippen LogP contribution in [-0.4, -0.2) is 38.0 Å². The van der Waals surface area contributed by atoms with Crippen LogP contribution in [0.1, 0.15) is 53.4 Å². The Kier molecular flexibility index (Phi) is 10.5. The summed E-state index contributed by atoms with van der Waals surface area (Å²) in [7, 11) is -3.95. The Labute approximate surface area is 139 Å². The molecule has 6 nitrogen and oxygen atoms in total. The Balaban J connectivity index is 4.19. The maximum Gasteiger partial charge on any atom is 0.321 e. The van der Waals surface area contributed by atoms with E-state index in [9.17, 15) is 13.2 Å². The van der Waals surface area contributed by atoms with Crippen molar-refractivity contribution in [2.24, 2.45) is 5.92 Å². The third kappa shape index (κ3) is 9.32. The number of hydrogen-bond acceptors (Lipinski definition) is 6. The van der Waals surface area contributed by atoms with E-state index in [0.29, 0.717) is 12.5 Å². The van der Waals surface area contributed by atoms with Crippen molar-refractivity contribution in [2.45, 2.75) is 59.5 Å². The summed E-state index contributed by atoms with van der Waals surface area (Å²) in [5.74, 6) is -0.309. The number of esters is 1. The minimum Gasteiger partial charge on any atom is -0.472 e. The maximum absolute atomic E-state index is 11.7. The highest BCUT2D eigenvalue weighted by Crippen LogP contribution is 2.12. The lowest BCUT2D eigenvalue weighted by Crippen LogP contribution is -2.36. The van der Waals surface area contributed by atoms with Crippen LogP contribution in [0.5, 0.6) is 0 Å². The summed E-state index contributed by atoms with van der Waals surface area (Å²) in [5, 5.41) is 0. The minimum atomic E-state index is -3.95. The van der Waals surface area contributed by atoms with Gasteiger partial charge in [0.15, 0.2) is 0 Å². The van der Waals surface area contributed by atoms with Gasteiger partial charge in [0.05, 0.1) is 12.7 Å². The topological polar surface area (TPSA) is 81.7 Å². The van der Waals surface area contributed by atoms with Crippen molar-refractivity contribution in [3.63, 3.8) is 0 Å². The SMILES string of the molecule is CCCCC(CC)COC(=O)CNS(=O)(=O)C(=S)OC(C)C. The van der Waals surface area contributed by atoms with Gasteiger partial charge in [-0.05, 0) is 38.4 Å². The molecule has 22 heavy (non-hydrogen) atoms. The van der Waals surface area contributed by atoms with Gasteiger partial charge in [0.25, 0.3) is 14.4 Å². The van der Waals surface area contributed by atoms with Gasteiger partial charge in [-0.15, -0.1) is 0 Å². The van der Waals surface area contributed by atoms with Crippen LogP contribution in [0.25, 0.3) is 0 Å². The van der Waals surface area contributed by atoms with E-state index < -0.39 is 26.9 Å². The molecule has 0 spiro atoms. The lowest BCUT2D eigenvalue weighted by molar-refractivity contribution is -0.143. The number of nitrogens with one attached hydrogen (secondary N) is 1. The summed E-state index contributed by atoms with van der Waals surface area (Å²) >= 11 is 4.67. The molecule has 0 fully saturated rings. The van der Waals surface area contributed by atoms with Crippen LogP contribution in [0.15, 0.2) is 0 Å². The first-order valence-electron chi connectivity index (χ1n) is 7.58. The van der Waals surface area contributed by atoms with Crippen molar-refractivity contribution in [3.05, 3.63) is 0 Å². The van der Waals surface area contributed by atoms with Crippen molar-refractivity contribution in [2.75, 3.05) is 13.2 Å². The zero-order valence-electron chi connectivity index (χ0n) is 13.8. The second-order valence-corrected chi connectivity index (χ2v) is 7.64. The molecule has 0 aromatic heterocycles. The average molecular weight is 354 g/mol. The van der Waals surface area contributed by atoms with Gasteiger partial charge in [-0.1, -0.05) is 33.1 Å². The molecule has 0 aromatic carbocycles. The van der Waals surface area contributed by atoms with E-state index in [1.165, 1.54) is 0 Å². The average Bonchev–Trinajstić information content (AvgIpc) is 2.44. The Morgan fingerprint density at radius 1 is 1.27 bits per heavy atom. The van der Waals surface area contributed by atoms with E-state index in [2.05, 4.69) is 23.9 Å². The molecule has 130 valence electrons. The molecule has 0 saturated carbocycles. The molecule has 0 heterocycles. The Morgan fingerprint density at radius 2 is 1.91 bits per heavy atom. The summed E-state index contributed by atoms with van der Waals surface area (Å²) in [6, 6.07) is 0. The summed E-state index contributed by atoms with van der Waals surface area (Å²) in [6.07, 6.45) is 3.75. The van der Waals surface area contributed by atoms with Crippen molar-refractivity contribution < 1.29 is 22.7 Å². The molecule has 0 aliphatic carbocycles. The van der Waals surface area contributed by atoms with Gasteiger partial charge in [0.1, 0.15) is 6.54 Å². The molecule has 0 aliphatic rings. The number of carbonyl (C=O) groups is 1. The molecule has 0 aromatic rings. The van der Waals surface area contributed by atoms with Crippen LogP contribution < -0.4 is 4.72 Å². The number of hydrogen-bond donors (Lipinski definition) is 1. The van der Waals surface area contributed by atoms with Crippen molar-refractivity contribution in [3.8, 4) is 0 Å². The number of ether oxygens (including phenoxy) is 2. The highest BCUT2D eigenvalue weighted by Gasteiger charge is 2.22. The molecule has 0 saturated heterocycles. The van der Waals surface area contributed by atoms with E-state index >= 15 is 0 Å². The lowest BCUT2D eigenvalue weighted by atomic mass is 10.0. The molecular weight excluding hydrogens is 326 g/mol. The van der Waals surface area contributed by atoms with E-state index in [-0.39, 0.29) is 6.10 Å². The summed E-state index contributed by atoms with van der Waals surface area (Å²) in [5.41, 5.74) is 0. The lowest BCUT2D eigenvalue weighted by Gasteiger charge is -2.15. The van der Waals surface area contributed by atoms with Gasteiger partial charge in [0, 0.05) is 0 Å². The molecule has 0 radical (unpaired) electrons. The van der Waals surface area contributed by atoms with Crippen molar-refractivity contribution in [1.29, 1.82) is 0 Å². The molecular formula is C14H27NO5S2.